The number of hydrogen-bond donors (Lipinski definition) is 0. The van der Waals surface area contributed by atoms with Gasteiger partial charge in [0.15, 0.2) is 0 Å². The van der Waals surface area contributed by atoms with Crippen molar-refractivity contribution in [2.45, 2.75) is 12.8 Å². The molecule has 0 amide bonds. The standard InChI is InChI=1S/C11H10ClNO2/c1-7-3-8(6-13)4-9(5-12)10(7)11(14)15-2/h3-4H,5H2,1-2H3. The van der Waals surface area contributed by atoms with Gasteiger partial charge in [0.2, 0.25) is 0 Å². The fraction of sp³-hybridized carbons (Fsp3) is 0.273. The summed E-state index contributed by atoms with van der Waals surface area (Å²) in [6, 6.07) is 5.26. The Bertz CT molecular complexity index is 435. The highest BCUT2D eigenvalue weighted by Gasteiger charge is 2.15. The van der Waals surface area contributed by atoms with Gasteiger partial charge in [-0.3, -0.25) is 0 Å². The van der Waals surface area contributed by atoms with Crippen LogP contribution in [-0.4, -0.2) is 13.1 Å². The van der Waals surface area contributed by atoms with E-state index in [1.54, 1.807) is 19.1 Å². The molecular formula is C11H10ClNO2. The largest absolute Gasteiger partial charge is 0.465 e. The molecule has 15 heavy (non-hydrogen) atoms. The van der Waals surface area contributed by atoms with Crippen molar-refractivity contribution in [3.05, 3.63) is 34.4 Å². The Morgan fingerprint density at radius 1 is 1.60 bits per heavy atom. The van der Waals surface area contributed by atoms with Crippen LogP contribution in [-0.2, 0) is 10.6 Å². The molecule has 3 nitrogen and oxygen atoms in total. The molecule has 0 aliphatic rings. The van der Waals surface area contributed by atoms with Crippen molar-refractivity contribution in [3.63, 3.8) is 0 Å². The van der Waals surface area contributed by atoms with E-state index in [0.717, 1.165) is 0 Å². The number of aryl methyl sites for hydroxylation is 1. The highest BCUT2D eigenvalue weighted by molar-refractivity contribution is 6.17. The summed E-state index contributed by atoms with van der Waals surface area (Å²) in [5.74, 6) is -0.242. The van der Waals surface area contributed by atoms with Gasteiger partial charge in [-0.15, -0.1) is 11.6 Å². The summed E-state index contributed by atoms with van der Waals surface area (Å²) in [4.78, 5) is 11.4. The van der Waals surface area contributed by atoms with Crippen LogP contribution in [0.5, 0.6) is 0 Å². The summed E-state index contributed by atoms with van der Waals surface area (Å²) in [7, 11) is 1.32. The lowest BCUT2D eigenvalue weighted by molar-refractivity contribution is 0.0599. The third kappa shape index (κ3) is 2.28. The molecule has 0 aromatic heterocycles. The lowest BCUT2D eigenvalue weighted by Gasteiger charge is -2.09. The Balaban J connectivity index is 3.39. The first-order chi connectivity index (χ1) is 7.13. The first-order valence-electron chi connectivity index (χ1n) is 4.32. The zero-order valence-electron chi connectivity index (χ0n) is 8.50. The Kier molecular flexibility index (Phi) is 3.70. The Labute approximate surface area is 93.2 Å². The van der Waals surface area contributed by atoms with Crippen molar-refractivity contribution in [1.82, 2.24) is 0 Å². The number of carbonyl (C=O) groups is 1. The molecule has 0 aliphatic heterocycles. The van der Waals surface area contributed by atoms with E-state index in [9.17, 15) is 4.79 Å². The summed E-state index contributed by atoms with van der Waals surface area (Å²) < 4.78 is 4.65. The minimum absolute atomic E-state index is 0.181. The van der Waals surface area contributed by atoms with Gasteiger partial charge in [-0.2, -0.15) is 5.26 Å². The second kappa shape index (κ2) is 4.81. The number of ether oxygens (including phenoxy) is 1. The highest BCUT2D eigenvalue weighted by Crippen LogP contribution is 2.19. The fourth-order valence-corrected chi connectivity index (χ4v) is 1.64. The normalized spacial score (nSPS) is 9.47. The molecule has 0 atom stereocenters. The molecule has 0 spiro atoms. The SMILES string of the molecule is COC(=O)c1c(C)cc(C#N)cc1CCl. The van der Waals surface area contributed by atoms with Crippen LogP contribution in [0.25, 0.3) is 0 Å². The molecule has 1 rings (SSSR count). The van der Waals surface area contributed by atoms with Crippen LogP contribution in [0.15, 0.2) is 12.1 Å². The number of carbonyl (C=O) groups excluding carboxylic acids is 1. The zero-order valence-corrected chi connectivity index (χ0v) is 9.26. The Hall–Kier alpha value is -1.53. The van der Waals surface area contributed by atoms with Gasteiger partial charge in [-0.1, -0.05) is 0 Å². The van der Waals surface area contributed by atoms with Crippen molar-refractivity contribution in [3.8, 4) is 6.07 Å². The Morgan fingerprint density at radius 3 is 2.73 bits per heavy atom. The molecule has 0 unspecified atom stereocenters. The van der Waals surface area contributed by atoms with E-state index < -0.39 is 5.97 Å². The molecule has 1 aromatic rings. The maximum Gasteiger partial charge on any atom is 0.338 e. The summed E-state index contributed by atoms with van der Waals surface area (Å²) in [5, 5.41) is 8.76. The van der Waals surface area contributed by atoms with E-state index in [1.807, 2.05) is 6.07 Å². The third-order valence-corrected chi connectivity index (χ3v) is 2.37. The number of methoxy groups -OCH3 is 1. The van der Waals surface area contributed by atoms with Gasteiger partial charge in [0.1, 0.15) is 0 Å². The van der Waals surface area contributed by atoms with Crippen molar-refractivity contribution < 1.29 is 9.53 Å². The van der Waals surface area contributed by atoms with Crippen LogP contribution in [0, 0.1) is 18.3 Å². The third-order valence-electron chi connectivity index (χ3n) is 2.08. The molecule has 0 N–H and O–H groups in total. The van der Waals surface area contributed by atoms with Gasteiger partial charge in [-0.25, -0.2) is 4.79 Å². The topological polar surface area (TPSA) is 50.1 Å². The predicted molar refractivity (Wildman–Crippen MR) is 56.8 cm³/mol. The number of benzene rings is 1. The van der Waals surface area contributed by atoms with Crippen LogP contribution in [0.3, 0.4) is 0 Å². The van der Waals surface area contributed by atoms with Gasteiger partial charge in [0.05, 0.1) is 24.3 Å². The minimum atomic E-state index is -0.423. The molecule has 0 fully saturated rings. The van der Waals surface area contributed by atoms with E-state index in [1.165, 1.54) is 7.11 Å². The Morgan fingerprint density at radius 2 is 2.27 bits per heavy atom. The van der Waals surface area contributed by atoms with Gasteiger partial charge in [-0.05, 0) is 30.2 Å². The monoisotopic (exact) mass is 223 g/mol. The van der Waals surface area contributed by atoms with Crippen LogP contribution in [0.2, 0.25) is 0 Å². The van der Waals surface area contributed by atoms with E-state index >= 15 is 0 Å². The smallest absolute Gasteiger partial charge is 0.338 e. The van der Waals surface area contributed by atoms with Gasteiger partial charge < -0.3 is 4.74 Å². The van der Waals surface area contributed by atoms with Crippen LogP contribution >= 0.6 is 11.6 Å². The average molecular weight is 224 g/mol. The minimum Gasteiger partial charge on any atom is -0.465 e. The van der Waals surface area contributed by atoms with Gasteiger partial charge in [0.25, 0.3) is 0 Å². The first kappa shape index (κ1) is 11.5. The molecule has 0 saturated carbocycles. The molecular weight excluding hydrogens is 214 g/mol. The summed E-state index contributed by atoms with van der Waals surface area (Å²) in [6.07, 6.45) is 0. The number of alkyl halides is 1. The quantitative estimate of drug-likeness (QED) is 0.571. The highest BCUT2D eigenvalue weighted by atomic mass is 35.5. The van der Waals surface area contributed by atoms with Crippen molar-refractivity contribution >= 4 is 17.6 Å². The number of nitriles is 1. The zero-order chi connectivity index (χ0) is 11.4. The average Bonchev–Trinajstić information content (AvgIpc) is 2.26. The number of nitrogens with zero attached hydrogens (tertiary/aromatic N) is 1. The van der Waals surface area contributed by atoms with Crippen LogP contribution < -0.4 is 0 Å². The molecule has 78 valence electrons. The fourth-order valence-electron chi connectivity index (χ4n) is 1.42. The molecule has 0 bridgehead atoms. The predicted octanol–water partition coefficient (Wildman–Crippen LogP) is 2.39. The molecule has 4 heteroatoms. The summed E-state index contributed by atoms with van der Waals surface area (Å²) in [6.45, 7) is 1.75. The van der Waals surface area contributed by atoms with E-state index in [2.05, 4.69) is 4.74 Å². The number of hydrogen-bond acceptors (Lipinski definition) is 3. The molecule has 0 heterocycles. The maximum absolute atomic E-state index is 11.4. The van der Waals surface area contributed by atoms with Crippen molar-refractivity contribution in [1.29, 1.82) is 5.26 Å². The van der Waals surface area contributed by atoms with Crippen molar-refractivity contribution in [2.75, 3.05) is 7.11 Å². The van der Waals surface area contributed by atoms with E-state index in [4.69, 9.17) is 16.9 Å². The summed E-state index contributed by atoms with van der Waals surface area (Å²) >= 11 is 5.72. The number of esters is 1. The van der Waals surface area contributed by atoms with Crippen LogP contribution in [0.1, 0.15) is 27.0 Å². The van der Waals surface area contributed by atoms with E-state index in [-0.39, 0.29) is 5.88 Å². The van der Waals surface area contributed by atoms with Gasteiger partial charge in [0, 0.05) is 5.88 Å². The van der Waals surface area contributed by atoms with Gasteiger partial charge >= 0.3 is 5.97 Å². The second-order valence-electron chi connectivity index (χ2n) is 3.06. The molecule has 0 radical (unpaired) electrons. The molecule has 0 aliphatic carbocycles. The van der Waals surface area contributed by atoms with Crippen molar-refractivity contribution in [2.24, 2.45) is 0 Å². The van der Waals surface area contributed by atoms with Crippen LogP contribution in [0.4, 0.5) is 0 Å². The molecule has 1 aromatic carbocycles. The number of halogens is 1. The first-order valence-corrected chi connectivity index (χ1v) is 4.85. The second-order valence-corrected chi connectivity index (χ2v) is 3.33. The molecule has 0 saturated heterocycles. The lowest BCUT2D eigenvalue weighted by atomic mass is 10.00. The lowest BCUT2D eigenvalue weighted by Crippen LogP contribution is -2.08. The van der Waals surface area contributed by atoms with E-state index in [0.29, 0.717) is 22.3 Å². The number of rotatable bonds is 2. The summed E-state index contributed by atoms with van der Waals surface area (Å²) in [5.41, 5.74) is 2.28. The maximum atomic E-state index is 11.4.